The maximum atomic E-state index is 3.60. The lowest BCUT2D eigenvalue weighted by molar-refractivity contribution is 0.259. The standard InChI is InChI=1S/C11H19Br/c1-8-2-4-9(5-3-8)11-6-10(11)7-12/h8-11H,2-7H2,1H3. The fourth-order valence-corrected chi connectivity index (χ4v) is 3.48. The van der Waals surface area contributed by atoms with E-state index in [-0.39, 0.29) is 0 Å². The lowest BCUT2D eigenvalue weighted by atomic mass is 9.80. The first-order chi connectivity index (χ1) is 5.81. The molecule has 0 aromatic heterocycles. The van der Waals surface area contributed by atoms with Crippen molar-refractivity contribution >= 4 is 15.9 Å². The van der Waals surface area contributed by atoms with Crippen molar-refractivity contribution in [3.8, 4) is 0 Å². The van der Waals surface area contributed by atoms with Gasteiger partial charge in [0.05, 0.1) is 0 Å². The van der Waals surface area contributed by atoms with Crippen LogP contribution in [-0.4, -0.2) is 5.33 Å². The second kappa shape index (κ2) is 3.69. The highest BCUT2D eigenvalue weighted by atomic mass is 79.9. The summed E-state index contributed by atoms with van der Waals surface area (Å²) in [5, 5.41) is 1.25. The summed E-state index contributed by atoms with van der Waals surface area (Å²) in [6, 6.07) is 0. The molecule has 0 saturated heterocycles. The predicted molar refractivity (Wildman–Crippen MR) is 56.5 cm³/mol. The largest absolute Gasteiger partial charge is 0.0925 e. The molecule has 2 saturated carbocycles. The first kappa shape index (κ1) is 9.05. The zero-order chi connectivity index (χ0) is 8.55. The van der Waals surface area contributed by atoms with E-state index in [1.54, 1.807) is 0 Å². The van der Waals surface area contributed by atoms with Gasteiger partial charge < -0.3 is 0 Å². The molecule has 0 heterocycles. The summed E-state index contributed by atoms with van der Waals surface area (Å²) in [6.07, 6.45) is 7.56. The van der Waals surface area contributed by atoms with Crippen LogP contribution < -0.4 is 0 Å². The van der Waals surface area contributed by atoms with E-state index in [4.69, 9.17) is 0 Å². The molecule has 2 aliphatic carbocycles. The Kier molecular flexibility index (Phi) is 2.78. The molecule has 0 amide bonds. The van der Waals surface area contributed by atoms with E-state index in [0.29, 0.717) is 0 Å². The molecule has 0 aromatic carbocycles. The second-order valence-electron chi connectivity index (χ2n) is 4.83. The van der Waals surface area contributed by atoms with Gasteiger partial charge in [-0.3, -0.25) is 0 Å². The summed E-state index contributed by atoms with van der Waals surface area (Å²) in [5.74, 6) is 4.27. The summed E-state index contributed by atoms with van der Waals surface area (Å²) in [5.41, 5.74) is 0. The smallest absolute Gasteiger partial charge is 0.00625 e. The SMILES string of the molecule is CC1CCC(C2CC2CBr)CC1. The molecule has 0 nitrogen and oxygen atoms in total. The normalized spacial score (nSPS) is 47.5. The number of hydrogen-bond acceptors (Lipinski definition) is 0. The molecular weight excluding hydrogens is 212 g/mol. The van der Waals surface area contributed by atoms with Crippen molar-refractivity contribution in [2.45, 2.75) is 39.0 Å². The third-order valence-corrected chi connectivity index (χ3v) is 4.67. The monoisotopic (exact) mass is 230 g/mol. The van der Waals surface area contributed by atoms with E-state index in [0.717, 1.165) is 23.7 Å². The molecule has 0 aliphatic heterocycles. The molecule has 0 spiro atoms. The van der Waals surface area contributed by atoms with E-state index in [2.05, 4.69) is 22.9 Å². The van der Waals surface area contributed by atoms with Gasteiger partial charge in [-0.25, -0.2) is 0 Å². The fourth-order valence-electron chi connectivity index (χ4n) is 2.74. The van der Waals surface area contributed by atoms with Crippen molar-refractivity contribution in [1.82, 2.24) is 0 Å². The van der Waals surface area contributed by atoms with Gasteiger partial charge in [0.15, 0.2) is 0 Å². The van der Waals surface area contributed by atoms with Crippen LogP contribution in [0.25, 0.3) is 0 Å². The Morgan fingerprint density at radius 1 is 1.17 bits per heavy atom. The van der Waals surface area contributed by atoms with Crippen molar-refractivity contribution in [2.24, 2.45) is 23.7 Å². The van der Waals surface area contributed by atoms with Crippen LogP contribution >= 0.6 is 15.9 Å². The Morgan fingerprint density at radius 3 is 2.33 bits per heavy atom. The molecule has 2 atom stereocenters. The molecule has 70 valence electrons. The molecule has 2 rings (SSSR count). The van der Waals surface area contributed by atoms with Crippen LogP contribution in [-0.2, 0) is 0 Å². The van der Waals surface area contributed by atoms with Crippen LogP contribution in [0.1, 0.15) is 39.0 Å². The average molecular weight is 231 g/mol. The lowest BCUT2D eigenvalue weighted by Crippen LogP contribution is -2.14. The molecule has 2 unspecified atom stereocenters. The van der Waals surface area contributed by atoms with Crippen LogP contribution in [0, 0.1) is 23.7 Å². The Morgan fingerprint density at radius 2 is 1.83 bits per heavy atom. The predicted octanol–water partition coefficient (Wildman–Crippen LogP) is 3.84. The number of rotatable bonds is 2. The van der Waals surface area contributed by atoms with Crippen LogP contribution in [0.4, 0.5) is 0 Å². The summed E-state index contributed by atoms with van der Waals surface area (Å²) in [6.45, 7) is 2.41. The van der Waals surface area contributed by atoms with E-state index < -0.39 is 0 Å². The third kappa shape index (κ3) is 1.86. The Bertz CT molecular complexity index is 147. The zero-order valence-electron chi connectivity index (χ0n) is 7.93. The van der Waals surface area contributed by atoms with Gasteiger partial charge in [0.25, 0.3) is 0 Å². The summed E-state index contributed by atoms with van der Waals surface area (Å²) >= 11 is 3.60. The molecule has 0 aromatic rings. The van der Waals surface area contributed by atoms with Crippen LogP contribution in [0.2, 0.25) is 0 Å². The summed E-state index contributed by atoms with van der Waals surface area (Å²) in [4.78, 5) is 0. The van der Waals surface area contributed by atoms with E-state index in [1.165, 1.54) is 37.4 Å². The van der Waals surface area contributed by atoms with Crippen molar-refractivity contribution in [1.29, 1.82) is 0 Å². The van der Waals surface area contributed by atoms with Crippen molar-refractivity contribution < 1.29 is 0 Å². The molecule has 12 heavy (non-hydrogen) atoms. The van der Waals surface area contributed by atoms with Gasteiger partial charge in [0.1, 0.15) is 0 Å². The summed E-state index contributed by atoms with van der Waals surface area (Å²) < 4.78 is 0. The molecule has 2 aliphatic rings. The minimum atomic E-state index is 1.02. The minimum Gasteiger partial charge on any atom is -0.0925 e. The highest BCUT2D eigenvalue weighted by molar-refractivity contribution is 9.09. The van der Waals surface area contributed by atoms with Crippen LogP contribution in [0.5, 0.6) is 0 Å². The van der Waals surface area contributed by atoms with Gasteiger partial charge in [-0.1, -0.05) is 35.7 Å². The number of alkyl halides is 1. The summed E-state index contributed by atoms with van der Waals surface area (Å²) in [7, 11) is 0. The highest BCUT2D eigenvalue weighted by Gasteiger charge is 2.42. The number of hydrogen-bond donors (Lipinski definition) is 0. The Balaban J connectivity index is 1.76. The van der Waals surface area contributed by atoms with Gasteiger partial charge in [-0.2, -0.15) is 0 Å². The maximum absolute atomic E-state index is 3.60. The van der Waals surface area contributed by atoms with E-state index >= 15 is 0 Å². The topological polar surface area (TPSA) is 0 Å². The molecule has 1 heteroatoms. The lowest BCUT2D eigenvalue weighted by Gasteiger charge is -2.26. The number of halogens is 1. The van der Waals surface area contributed by atoms with Crippen molar-refractivity contribution in [3.05, 3.63) is 0 Å². The van der Waals surface area contributed by atoms with E-state index in [9.17, 15) is 0 Å². The van der Waals surface area contributed by atoms with Crippen LogP contribution in [0.15, 0.2) is 0 Å². The van der Waals surface area contributed by atoms with Gasteiger partial charge in [-0.15, -0.1) is 0 Å². The molecule has 0 bridgehead atoms. The Labute approximate surface area is 84.2 Å². The van der Waals surface area contributed by atoms with Gasteiger partial charge >= 0.3 is 0 Å². The Hall–Kier alpha value is 0.480. The minimum absolute atomic E-state index is 1.02. The van der Waals surface area contributed by atoms with Crippen LogP contribution in [0.3, 0.4) is 0 Å². The quantitative estimate of drug-likeness (QED) is 0.633. The van der Waals surface area contributed by atoms with Crippen molar-refractivity contribution in [3.63, 3.8) is 0 Å². The second-order valence-corrected chi connectivity index (χ2v) is 5.48. The van der Waals surface area contributed by atoms with Gasteiger partial charge in [0, 0.05) is 5.33 Å². The maximum Gasteiger partial charge on any atom is 0.00625 e. The first-order valence-corrected chi connectivity index (χ1v) is 6.49. The van der Waals surface area contributed by atoms with E-state index in [1.807, 2.05) is 0 Å². The zero-order valence-corrected chi connectivity index (χ0v) is 9.52. The highest BCUT2D eigenvalue weighted by Crippen LogP contribution is 2.50. The molecule has 2 fully saturated rings. The molecule has 0 N–H and O–H groups in total. The first-order valence-electron chi connectivity index (χ1n) is 5.37. The van der Waals surface area contributed by atoms with Crippen molar-refractivity contribution in [2.75, 3.05) is 5.33 Å². The van der Waals surface area contributed by atoms with Gasteiger partial charge in [0.2, 0.25) is 0 Å². The average Bonchev–Trinajstić information content (AvgIpc) is 2.85. The third-order valence-electron chi connectivity index (χ3n) is 3.84. The molecule has 0 radical (unpaired) electrons. The molecular formula is C11H19Br. The van der Waals surface area contributed by atoms with Gasteiger partial charge in [-0.05, 0) is 42.9 Å². The fraction of sp³-hybridized carbons (Fsp3) is 1.00.